The summed E-state index contributed by atoms with van der Waals surface area (Å²) in [6, 6.07) is 18.5. The molecule has 0 amide bonds. The Bertz CT molecular complexity index is 1760. The van der Waals surface area contributed by atoms with E-state index in [1.54, 1.807) is 6.20 Å². The Hall–Kier alpha value is -3.05. The number of nitrogens with zero attached hydrogens (tertiary/aromatic N) is 4. The SMILES string of the molecule is Cc1nccn1Cc1ccc(-c2cc(CC(C)C)sc2S(=O)(=O)NC(C)(C)C)cc1.Cc1nccn1Cc1ccc(Br)cc1. The van der Waals surface area contributed by atoms with Crippen molar-refractivity contribution < 1.29 is 8.42 Å². The third-order valence-corrected chi connectivity index (χ3v) is 10.8. The van der Waals surface area contributed by atoms with E-state index in [9.17, 15) is 8.42 Å². The summed E-state index contributed by atoms with van der Waals surface area (Å²) in [4.78, 5) is 9.54. The van der Waals surface area contributed by atoms with Gasteiger partial charge in [0.2, 0.25) is 0 Å². The lowest BCUT2D eigenvalue weighted by Gasteiger charge is -2.20. The molecule has 0 saturated carbocycles. The average Bonchev–Trinajstić information content (AvgIpc) is 3.66. The van der Waals surface area contributed by atoms with E-state index in [2.05, 4.69) is 90.0 Å². The Kier molecular flexibility index (Phi) is 11.0. The molecule has 5 aromatic rings. The van der Waals surface area contributed by atoms with E-state index in [0.717, 1.165) is 57.2 Å². The molecule has 0 saturated heterocycles. The molecule has 0 aliphatic carbocycles. The van der Waals surface area contributed by atoms with Gasteiger partial charge in [-0.15, -0.1) is 11.3 Å². The molecule has 0 spiro atoms. The van der Waals surface area contributed by atoms with Crippen LogP contribution in [0.25, 0.3) is 11.1 Å². The standard InChI is InChI=1S/C23H31N3O2S2.C11H11BrN2/c1-16(2)13-20-14-21(22(29-20)30(27,28)25-23(4,5)6)19-9-7-18(8-10-19)15-26-12-11-24-17(26)3;1-9-13-6-7-14(9)8-10-2-4-11(12)5-3-10/h7-12,14,16,25H,13,15H2,1-6H3;2-7H,8H2,1H3. The summed E-state index contributed by atoms with van der Waals surface area (Å²) in [6.45, 7) is 15.5. The van der Waals surface area contributed by atoms with Crippen molar-refractivity contribution >= 4 is 37.3 Å². The van der Waals surface area contributed by atoms with Gasteiger partial charge in [0.05, 0.1) is 0 Å². The highest BCUT2D eigenvalue weighted by Gasteiger charge is 2.28. The lowest BCUT2D eigenvalue weighted by atomic mass is 10.0. The van der Waals surface area contributed by atoms with E-state index < -0.39 is 15.6 Å². The van der Waals surface area contributed by atoms with E-state index >= 15 is 0 Å². The van der Waals surface area contributed by atoms with Gasteiger partial charge in [0.25, 0.3) is 10.0 Å². The predicted molar refractivity (Wildman–Crippen MR) is 185 cm³/mol. The fraction of sp³-hybridized carbons (Fsp3) is 0.353. The number of rotatable bonds is 9. The maximum atomic E-state index is 13.1. The van der Waals surface area contributed by atoms with E-state index in [-0.39, 0.29) is 0 Å². The lowest BCUT2D eigenvalue weighted by molar-refractivity contribution is 0.493. The summed E-state index contributed by atoms with van der Waals surface area (Å²) in [5, 5.41) is 0. The van der Waals surface area contributed by atoms with Crippen LogP contribution in [0.15, 0.2) is 88.1 Å². The Morgan fingerprint density at radius 2 is 1.36 bits per heavy atom. The first-order chi connectivity index (χ1) is 20.7. The number of hydrogen-bond donors (Lipinski definition) is 1. The summed E-state index contributed by atoms with van der Waals surface area (Å²) in [5.74, 6) is 2.48. The number of nitrogens with one attached hydrogen (secondary N) is 1. The molecule has 10 heteroatoms. The van der Waals surface area contributed by atoms with Crippen molar-refractivity contribution in [2.24, 2.45) is 5.92 Å². The third-order valence-electron chi connectivity index (χ3n) is 6.77. The van der Waals surface area contributed by atoms with Crippen LogP contribution >= 0.6 is 27.3 Å². The molecule has 3 heterocycles. The van der Waals surface area contributed by atoms with Gasteiger partial charge in [0, 0.05) is 58.3 Å². The molecular formula is C34H42BrN5O2S2. The number of thiophene rings is 1. The minimum absolute atomic E-state index is 0.395. The predicted octanol–water partition coefficient (Wildman–Crippen LogP) is 8.25. The summed E-state index contributed by atoms with van der Waals surface area (Å²) in [5.41, 5.74) is 3.59. The second kappa shape index (κ2) is 14.4. The van der Waals surface area contributed by atoms with Crippen LogP contribution < -0.4 is 4.72 Å². The van der Waals surface area contributed by atoms with Crippen molar-refractivity contribution in [3.63, 3.8) is 0 Å². The molecule has 0 radical (unpaired) electrons. The Morgan fingerprint density at radius 3 is 1.80 bits per heavy atom. The zero-order valence-corrected chi connectivity index (χ0v) is 29.7. The molecule has 1 N–H and O–H groups in total. The van der Waals surface area contributed by atoms with Crippen molar-refractivity contribution in [2.45, 2.75) is 77.7 Å². The summed E-state index contributed by atoms with van der Waals surface area (Å²) in [7, 11) is -3.61. The molecule has 0 bridgehead atoms. The van der Waals surface area contributed by atoms with Crippen molar-refractivity contribution in [3.05, 3.63) is 112 Å². The molecule has 5 rings (SSSR count). The molecular weight excluding hydrogens is 654 g/mol. The van der Waals surface area contributed by atoms with Gasteiger partial charge in [-0.25, -0.2) is 23.1 Å². The normalized spacial score (nSPS) is 11.9. The molecule has 0 aliphatic rings. The number of aryl methyl sites for hydroxylation is 2. The van der Waals surface area contributed by atoms with Crippen LogP contribution in [0.5, 0.6) is 0 Å². The Morgan fingerprint density at radius 1 is 0.864 bits per heavy atom. The quantitative estimate of drug-likeness (QED) is 0.168. The average molecular weight is 697 g/mol. The summed E-state index contributed by atoms with van der Waals surface area (Å²) >= 11 is 4.80. The van der Waals surface area contributed by atoms with E-state index in [1.165, 1.54) is 16.9 Å². The van der Waals surface area contributed by atoms with Crippen LogP contribution in [-0.2, 0) is 29.5 Å². The first-order valence-electron chi connectivity index (χ1n) is 14.7. The molecule has 234 valence electrons. The largest absolute Gasteiger partial charge is 0.331 e. The van der Waals surface area contributed by atoms with Gasteiger partial charge in [-0.05, 0) is 81.8 Å². The lowest BCUT2D eigenvalue weighted by Crippen LogP contribution is -2.40. The van der Waals surface area contributed by atoms with Gasteiger partial charge >= 0.3 is 0 Å². The second-order valence-corrected chi connectivity index (χ2v) is 16.3. The fourth-order valence-corrected chi connectivity index (χ4v) is 8.32. The van der Waals surface area contributed by atoms with Crippen molar-refractivity contribution in [1.29, 1.82) is 0 Å². The topological polar surface area (TPSA) is 81.8 Å². The van der Waals surface area contributed by atoms with Crippen molar-refractivity contribution in [3.8, 4) is 11.1 Å². The van der Waals surface area contributed by atoms with Crippen LogP contribution in [0, 0.1) is 19.8 Å². The number of benzene rings is 2. The maximum absolute atomic E-state index is 13.1. The summed E-state index contributed by atoms with van der Waals surface area (Å²) in [6.07, 6.45) is 8.44. The molecule has 3 aromatic heterocycles. The summed E-state index contributed by atoms with van der Waals surface area (Å²) < 4.78 is 34.8. The minimum atomic E-state index is -3.61. The van der Waals surface area contributed by atoms with Crippen LogP contribution in [0.3, 0.4) is 0 Å². The minimum Gasteiger partial charge on any atom is -0.331 e. The van der Waals surface area contributed by atoms with E-state index in [4.69, 9.17) is 0 Å². The fourth-order valence-electron chi connectivity index (χ4n) is 4.69. The Balaban J connectivity index is 0.000000262. The smallest absolute Gasteiger partial charge is 0.251 e. The van der Waals surface area contributed by atoms with Crippen LogP contribution in [0.1, 0.15) is 62.3 Å². The van der Waals surface area contributed by atoms with E-state index in [0.29, 0.717) is 10.1 Å². The van der Waals surface area contributed by atoms with Crippen LogP contribution in [-0.4, -0.2) is 33.1 Å². The van der Waals surface area contributed by atoms with Gasteiger partial charge in [-0.2, -0.15) is 0 Å². The zero-order valence-electron chi connectivity index (χ0n) is 26.5. The van der Waals surface area contributed by atoms with Gasteiger partial charge in [-0.3, -0.25) is 0 Å². The zero-order chi connectivity index (χ0) is 32.1. The third kappa shape index (κ3) is 9.47. The van der Waals surface area contributed by atoms with Gasteiger partial charge in [0.1, 0.15) is 15.9 Å². The molecule has 44 heavy (non-hydrogen) atoms. The highest BCUT2D eigenvalue weighted by atomic mass is 79.9. The van der Waals surface area contributed by atoms with Crippen molar-refractivity contribution in [1.82, 2.24) is 23.8 Å². The van der Waals surface area contributed by atoms with E-state index in [1.807, 2.05) is 71.4 Å². The number of imidazole rings is 2. The molecule has 0 aliphatic heterocycles. The van der Waals surface area contributed by atoms with Crippen molar-refractivity contribution in [2.75, 3.05) is 0 Å². The molecule has 0 unspecified atom stereocenters. The Labute approximate surface area is 274 Å². The second-order valence-electron chi connectivity index (χ2n) is 12.4. The molecule has 7 nitrogen and oxygen atoms in total. The van der Waals surface area contributed by atoms with Gasteiger partial charge in [0.15, 0.2) is 0 Å². The first-order valence-corrected chi connectivity index (χ1v) is 17.8. The highest BCUT2D eigenvalue weighted by molar-refractivity contribution is 9.10. The van der Waals surface area contributed by atoms with Crippen LogP contribution in [0.4, 0.5) is 0 Å². The highest BCUT2D eigenvalue weighted by Crippen LogP contribution is 2.37. The monoisotopic (exact) mass is 695 g/mol. The maximum Gasteiger partial charge on any atom is 0.251 e. The number of aromatic nitrogens is 4. The molecule has 0 fully saturated rings. The molecule has 2 aromatic carbocycles. The number of sulfonamides is 1. The van der Waals surface area contributed by atoms with Crippen LogP contribution in [0.2, 0.25) is 0 Å². The van der Waals surface area contributed by atoms with Gasteiger partial charge < -0.3 is 9.13 Å². The van der Waals surface area contributed by atoms with Gasteiger partial charge in [-0.1, -0.05) is 66.2 Å². The first kappa shape index (κ1) is 33.8. The molecule has 0 atom stereocenters. The number of halogens is 1. The number of hydrogen-bond acceptors (Lipinski definition) is 5.